The molecule has 3 nitrogen and oxygen atoms in total. The first-order valence-corrected chi connectivity index (χ1v) is 6.04. The van der Waals surface area contributed by atoms with Gasteiger partial charge in [0.1, 0.15) is 5.75 Å². The van der Waals surface area contributed by atoms with Crippen LogP contribution >= 0.6 is 0 Å². The Labute approximate surface area is 103 Å². The van der Waals surface area contributed by atoms with Crippen molar-refractivity contribution in [3.8, 4) is 5.75 Å². The van der Waals surface area contributed by atoms with Crippen LogP contribution in [0.4, 0.5) is 0 Å². The zero-order valence-electron chi connectivity index (χ0n) is 11.0. The quantitative estimate of drug-likeness (QED) is 0.871. The summed E-state index contributed by atoms with van der Waals surface area (Å²) in [7, 11) is 1.78. The molecular formula is C14H21NO2. The van der Waals surface area contributed by atoms with Crippen LogP contribution in [0, 0.1) is 6.92 Å². The summed E-state index contributed by atoms with van der Waals surface area (Å²) in [6.07, 6.45) is 2.01. The summed E-state index contributed by atoms with van der Waals surface area (Å²) in [5.74, 6) is -0.0611. The van der Waals surface area contributed by atoms with Crippen molar-refractivity contribution in [2.45, 2.75) is 39.7 Å². The fraction of sp³-hybridized carbons (Fsp3) is 0.500. The standard InChI is InChI=1S/C14H21NO2/c1-5-6-11(3)15(4)14(17)12-8-7-10(2)9-13(12)16/h7-9,11,16H,5-6H2,1-4H3. The second-order valence-corrected chi connectivity index (χ2v) is 4.57. The van der Waals surface area contributed by atoms with Crippen LogP contribution in [-0.2, 0) is 0 Å². The number of amides is 1. The number of rotatable bonds is 4. The van der Waals surface area contributed by atoms with Gasteiger partial charge in [0.15, 0.2) is 0 Å². The molecule has 0 saturated heterocycles. The lowest BCUT2D eigenvalue weighted by atomic mass is 10.1. The zero-order chi connectivity index (χ0) is 13.0. The molecule has 0 fully saturated rings. The van der Waals surface area contributed by atoms with E-state index in [1.54, 1.807) is 24.1 Å². The minimum atomic E-state index is -0.122. The van der Waals surface area contributed by atoms with Gasteiger partial charge in [-0.25, -0.2) is 0 Å². The zero-order valence-corrected chi connectivity index (χ0v) is 11.0. The Morgan fingerprint density at radius 2 is 2.12 bits per heavy atom. The van der Waals surface area contributed by atoms with Gasteiger partial charge in [-0.1, -0.05) is 19.4 Å². The van der Waals surface area contributed by atoms with Crippen LogP contribution in [0.3, 0.4) is 0 Å². The summed E-state index contributed by atoms with van der Waals surface area (Å²) in [4.78, 5) is 13.8. The molecule has 0 radical (unpaired) electrons. The molecule has 0 spiro atoms. The molecule has 1 unspecified atom stereocenters. The maximum atomic E-state index is 12.2. The highest BCUT2D eigenvalue weighted by Gasteiger charge is 2.19. The van der Waals surface area contributed by atoms with Gasteiger partial charge in [-0.2, -0.15) is 0 Å². The highest BCUT2D eigenvalue weighted by atomic mass is 16.3. The van der Waals surface area contributed by atoms with Crippen molar-refractivity contribution in [2.24, 2.45) is 0 Å². The molecule has 0 aliphatic carbocycles. The van der Waals surface area contributed by atoms with E-state index >= 15 is 0 Å². The van der Waals surface area contributed by atoms with Crippen molar-refractivity contribution in [3.63, 3.8) is 0 Å². The van der Waals surface area contributed by atoms with Gasteiger partial charge in [0.05, 0.1) is 5.56 Å². The third kappa shape index (κ3) is 3.22. The van der Waals surface area contributed by atoms with Crippen molar-refractivity contribution in [3.05, 3.63) is 29.3 Å². The molecule has 1 rings (SSSR count). The number of nitrogens with zero attached hydrogens (tertiary/aromatic N) is 1. The van der Waals surface area contributed by atoms with E-state index < -0.39 is 0 Å². The smallest absolute Gasteiger partial charge is 0.257 e. The molecule has 0 aliphatic heterocycles. The molecular weight excluding hydrogens is 214 g/mol. The molecule has 1 aromatic rings. The number of carbonyl (C=O) groups excluding carboxylic acids is 1. The van der Waals surface area contributed by atoms with E-state index in [0.29, 0.717) is 5.56 Å². The van der Waals surface area contributed by atoms with E-state index in [1.807, 2.05) is 19.9 Å². The number of hydrogen-bond donors (Lipinski definition) is 1. The third-order valence-corrected chi connectivity index (χ3v) is 3.07. The van der Waals surface area contributed by atoms with E-state index in [-0.39, 0.29) is 17.7 Å². The fourth-order valence-corrected chi connectivity index (χ4v) is 1.82. The SMILES string of the molecule is CCCC(C)N(C)C(=O)c1ccc(C)cc1O. The number of carbonyl (C=O) groups is 1. The van der Waals surface area contributed by atoms with Crippen LogP contribution in [-0.4, -0.2) is 29.0 Å². The minimum Gasteiger partial charge on any atom is -0.507 e. The molecule has 94 valence electrons. The largest absolute Gasteiger partial charge is 0.507 e. The summed E-state index contributed by atoms with van der Waals surface area (Å²) in [6, 6.07) is 5.33. The summed E-state index contributed by atoms with van der Waals surface area (Å²) in [6.45, 7) is 6.00. The van der Waals surface area contributed by atoms with E-state index in [0.717, 1.165) is 18.4 Å². The van der Waals surface area contributed by atoms with Gasteiger partial charge in [0, 0.05) is 13.1 Å². The monoisotopic (exact) mass is 235 g/mol. The van der Waals surface area contributed by atoms with Crippen molar-refractivity contribution in [1.82, 2.24) is 4.90 Å². The molecule has 1 N–H and O–H groups in total. The lowest BCUT2D eigenvalue weighted by molar-refractivity contribution is 0.0734. The molecule has 0 bridgehead atoms. The van der Waals surface area contributed by atoms with Gasteiger partial charge < -0.3 is 10.0 Å². The van der Waals surface area contributed by atoms with Crippen molar-refractivity contribution >= 4 is 5.91 Å². The highest BCUT2D eigenvalue weighted by Crippen LogP contribution is 2.21. The van der Waals surface area contributed by atoms with Gasteiger partial charge in [-0.3, -0.25) is 4.79 Å². The van der Waals surface area contributed by atoms with Crippen LogP contribution in [0.2, 0.25) is 0 Å². The third-order valence-electron chi connectivity index (χ3n) is 3.07. The Hall–Kier alpha value is -1.51. The van der Waals surface area contributed by atoms with Gasteiger partial charge in [0.2, 0.25) is 0 Å². The molecule has 0 saturated carbocycles. The van der Waals surface area contributed by atoms with Crippen LogP contribution in [0.25, 0.3) is 0 Å². The maximum Gasteiger partial charge on any atom is 0.257 e. The van der Waals surface area contributed by atoms with Crippen LogP contribution in [0.1, 0.15) is 42.6 Å². The van der Waals surface area contributed by atoms with E-state index in [9.17, 15) is 9.90 Å². The number of phenols is 1. The highest BCUT2D eigenvalue weighted by molar-refractivity contribution is 5.96. The Morgan fingerprint density at radius 1 is 1.47 bits per heavy atom. The first kappa shape index (κ1) is 13.6. The summed E-state index contributed by atoms with van der Waals surface area (Å²) in [5.41, 5.74) is 1.32. The number of aromatic hydroxyl groups is 1. The molecule has 1 amide bonds. The minimum absolute atomic E-state index is 0.0607. The summed E-state index contributed by atoms with van der Waals surface area (Å²) >= 11 is 0. The number of aryl methyl sites for hydroxylation is 1. The first-order chi connectivity index (χ1) is 7.97. The molecule has 0 aromatic heterocycles. The van der Waals surface area contributed by atoms with Crippen molar-refractivity contribution in [1.29, 1.82) is 0 Å². The van der Waals surface area contributed by atoms with E-state index in [4.69, 9.17) is 0 Å². The molecule has 3 heteroatoms. The van der Waals surface area contributed by atoms with Crippen LogP contribution in [0.15, 0.2) is 18.2 Å². The molecule has 1 atom stereocenters. The predicted octanol–water partition coefficient (Wildman–Crippen LogP) is 2.96. The molecule has 0 aliphatic rings. The number of hydrogen-bond acceptors (Lipinski definition) is 2. The summed E-state index contributed by atoms with van der Waals surface area (Å²) in [5, 5.41) is 9.77. The molecule has 1 aromatic carbocycles. The number of phenolic OH excluding ortho intramolecular Hbond substituents is 1. The van der Waals surface area contributed by atoms with Gasteiger partial charge in [-0.15, -0.1) is 0 Å². The maximum absolute atomic E-state index is 12.2. The van der Waals surface area contributed by atoms with Crippen LogP contribution < -0.4 is 0 Å². The lowest BCUT2D eigenvalue weighted by Crippen LogP contribution is -2.35. The Balaban J connectivity index is 2.88. The predicted molar refractivity (Wildman–Crippen MR) is 69.3 cm³/mol. The Morgan fingerprint density at radius 3 is 2.65 bits per heavy atom. The average Bonchev–Trinajstić information content (AvgIpc) is 2.27. The topological polar surface area (TPSA) is 40.5 Å². The van der Waals surface area contributed by atoms with E-state index in [2.05, 4.69) is 6.92 Å². The van der Waals surface area contributed by atoms with Crippen LogP contribution in [0.5, 0.6) is 5.75 Å². The van der Waals surface area contributed by atoms with Gasteiger partial charge in [0.25, 0.3) is 5.91 Å². The molecule has 17 heavy (non-hydrogen) atoms. The second kappa shape index (κ2) is 5.71. The second-order valence-electron chi connectivity index (χ2n) is 4.57. The lowest BCUT2D eigenvalue weighted by Gasteiger charge is -2.25. The number of benzene rings is 1. The van der Waals surface area contributed by atoms with Crippen molar-refractivity contribution < 1.29 is 9.90 Å². The van der Waals surface area contributed by atoms with Gasteiger partial charge in [-0.05, 0) is 38.0 Å². The van der Waals surface area contributed by atoms with E-state index in [1.165, 1.54) is 0 Å². The summed E-state index contributed by atoms with van der Waals surface area (Å²) < 4.78 is 0. The molecule has 0 heterocycles. The average molecular weight is 235 g/mol. The Bertz CT molecular complexity index is 401. The van der Waals surface area contributed by atoms with Crippen molar-refractivity contribution in [2.75, 3.05) is 7.05 Å². The fourth-order valence-electron chi connectivity index (χ4n) is 1.82. The normalized spacial score (nSPS) is 12.2. The Kier molecular flexibility index (Phi) is 4.55. The first-order valence-electron chi connectivity index (χ1n) is 6.04. The van der Waals surface area contributed by atoms with Gasteiger partial charge >= 0.3 is 0 Å².